The molecule has 1 saturated heterocycles. The SMILES string of the molecule is CC(C)(C)OC(=O)N1CCC(Oc2cnn(-c3ccc(S(C)(=O)=O)cc3)c(=O)c2)CC1. The first-order valence-electron chi connectivity index (χ1n) is 9.97. The molecule has 10 heteroatoms. The van der Waals surface area contributed by atoms with E-state index in [4.69, 9.17) is 9.47 Å². The molecule has 9 nitrogen and oxygen atoms in total. The van der Waals surface area contributed by atoms with Crippen molar-refractivity contribution in [3.8, 4) is 11.4 Å². The van der Waals surface area contributed by atoms with E-state index >= 15 is 0 Å². The summed E-state index contributed by atoms with van der Waals surface area (Å²) in [6.07, 6.45) is 3.34. The second-order valence-electron chi connectivity index (χ2n) is 8.49. The molecule has 0 radical (unpaired) electrons. The molecule has 1 aromatic heterocycles. The van der Waals surface area contributed by atoms with Crippen LogP contribution in [-0.2, 0) is 14.6 Å². The van der Waals surface area contributed by atoms with Gasteiger partial charge in [-0.15, -0.1) is 0 Å². The van der Waals surface area contributed by atoms with E-state index in [9.17, 15) is 18.0 Å². The third kappa shape index (κ3) is 6.06. The highest BCUT2D eigenvalue weighted by atomic mass is 32.2. The van der Waals surface area contributed by atoms with Crippen molar-refractivity contribution in [2.24, 2.45) is 0 Å². The average molecular weight is 450 g/mol. The van der Waals surface area contributed by atoms with Crippen molar-refractivity contribution in [1.29, 1.82) is 0 Å². The molecule has 1 aliphatic rings. The normalized spacial score (nSPS) is 15.5. The first-order chi connectivity index (χ1) is 14.4. The highest BCUT2D eigenvalue weighted by Gasteiger charge is 2.27. The predicted octanol–water partition coefficient (Wildman–Crippen LogP) is 2.41. The summed E-state index contributed by atoms with van der Waals surface area (Å²) < 4.78 is 35.6. The number of hydrogen-bond donors (Lipinski definition) is 0. The van der Waals surface area contributed by atoms with Gasteiger partial charge in [0.1, 0.15) is 17.5 Å². The van der Waals surface area contributed by atoms with Gasteiger partial charge in [0.05, 0.1) is 16.8 Å². The van der Waals surface area contributed by atoms with Crippen LogP contribution in [0.5, 0.6) is 5.75 Å². The van der Waals surface area contributed by atoms with Gasteiger partial charge < -0.3 is 14.4 Å². The van der Waals surface area contributed by atoms with Gasteiger partial charge in [0, 0.05) is 38.3 Å². The molecule has 3 rings (SSSR count). The molecular formula is C21H27N3O6S. The van der Waals surface area contributed by atoms with E-state index in [1.807, 2.05) is 20.8 Å². The molecular weight excluding hydrogens is 422 g/mol. The highest BCUT2D eigenvalue weighted by Crippen LogP contribution is 2.20. The summed E-state index contributed by atoms with van der Waals surface area (Å²) >= 11 is 0. The molecule has 0 aliphatic carbocycles. The summed E-state index contributed by atoms with van der Waals surface area (Å²) in [5.41, 5.74) is -0.476. The first-order valence-corrected chi connectivity index (χ1v) is 11.9. The minimum atomic E-state index is -3.31. The number of carbonyl (C=O) groups is 1. The van der Waals surface area contributed by atoms with Crippen molar-refractivity contribution in [1.82, 2.24) is 14.7 Å². The summed E-state index contributed by atoms with van der Waals surface area (Å²) in [6.45, 7) is 6.51. The van der Waals surface area contributed by atoms with Crippen LogP contribution in [0.3, 0.4) is 0 Å². The molecule has 1 fully saturated rings. The minimum absolute atomic E-state index is 0.134. The highest BCUT2D eigenvalue weighted by molar-refractivity contribution is 7.90. The average Bonchev–Trinajstić information content (AvgIpc) is 2.67. The number of hydrogen-bond acceptors (Lipinski definition) is 7. The Kier molecular flexibility index (Phi) is 6.40. The summed E-state index contributed by atoms with van der Waals surface area (Å²) in [7, 11) is -3.31. The molecule has 1 aliphatic heterocycles. The summed E-state index contributed by atoms with van der Waals surface area (Å²) in [5, 5.41) is 4.13. The second-order valence-corrected chi connectivity index (χ2v) is 10.5. The van der Waals surface area contributed by atoms with Crippen molar-refractivity contribution >= 4 is 15.9 Å². The van der Waals surface area contributed by atoms with E-state index in [1.165, 1.54) is 41.2 Å². The number of nitrogens with zero attached hydrogens (tertiary/aromatic N) is 3. The Balaban J connectivity index is 1.61. The molecule has 2 heterocycles. The molecule has 1 aromatic carbocycles. The zero-order chi connectivity index (χ0) is 22.8. The van der Waals surface area contributed by atoms with Gasteiger partial charge in [0.15, 0.2) is 9.84 Å². The number of benzene rings is 1. The monoisotopic (exact) mass is 449 g/mol. The van der Waals surface area contributed by atoms with Crippen LogP contribution in [0, 0.1) is 0 Å². The summed E-state index contributed by atoms with van der Waals surface area (Å²) in [4.78, 5) is 26.4. The topological polar surface area (TPSA) is 108 Å². The molecule has 31 heavy (non-hydrogen) atoms. The molecule has 1 amide bonds. The Morgan fingerprint density at radius 2 is 1.74 bits per heavy atom. The Morgan fingerprint density at radius 1 is 1.13 bits per heavy atom. The van der Waals surface area contributed by atoms with Crippen LogP contribution >= 0.6 is 0 Å². The van der Waals surface area contributed by atoms with Gasteiger partial charge in [-0.05, 0) is 45.0 Å². The molecule has 0 bridgehead atoms. The zero-order valence-corrected chi connectivity index (χ0v) is 18.9. The van der Waals surface area contributed by atoms with Crippen molar-refractivity contribution in [3.63, 3.8) is 0 Å². The van der Waals surface area contributed by atoms with E-state index in [0.29, 0.717) is 37.4 Å². The minimum Gasteiger partial charge on any atom is -0.488 e. The number of sulfone groups is 1. The van der Waals surface area contributed by atoms with Crippen LogP contribution in [-0.4, -0.2) is 60.2 Å². The van der Waals surface area contributed by atoms with Gasteiger partial charge in [0.2, 0.25) is 0 Å². The number of carbonyl (C=O) groups excluding carboxylic acids is 1. The number of aromatic nitrogens is 2. The van der Waals surface area contributed by atoms with Crippen LogP contribution in [0.2, 0.25) is 0 Å². The number of likely N-dealkylation sites (tertiary alicyclic amines) is 1. The Morgan fingerprint density at radius 3 is 2.26 bits per heavy atom. The lowest BCUT2D eigenvalue weighted by atomic mass is 10.1. The number of piperidine rings is 1. The smallest absolute Gasteiger partial charge is 0.410 e. The van der Waals surface area contributed by atoms with E-state index in [0.717, 1.165) is 6.26 Å². The molecule has 2 aromatic rings. The fourth-order valence-electron chi connectivity index (χ4n) is 3.16. The number of rotatable bonds is 4. The van der Waals surface area contributed by atoms with E-state index in [-0.39, 0.29) is 17.1 Å². The molecule has 168 valence electrons. The van der Waals surface area contributed by atoms with Gasteiger partial charge in [-0.3, -0.25) is 4.79 Å². The molecule has 0 saturated carbocycles. The lowest BCUT2D eigenvalue weighted by molar-refractivity contribution is 0.0126. The summed E-state index contributed by atoms with van der Waals surface area (Å²) in [6, 6.07) is 7.26. The molecule has 0 N–H and O–H groups in total. The third-order valence-electron chi connectivity index (χ3n) is 4.68. The van der Waals surface area contributed by atoms with Gasteiger partial charge in [-0.2, -0.15) is 9.78 Å². The lowest BCUT2D eigenvalue weighted by Crippen LogP contribution is -2.44. The Bertz CT molecular complexity index is 1100. The largest absolute Gasteiger partial charge is 0.488 e. The number of ether oxygens (including phenoxy) is 2. The summed E-state index contributed by atoms with van der Waals surface area (Å²) in [5.74, 6) is 0.352. The second kappa shape index (κ2) is 8.70. The Hall–Kier alpha value is -2.88. The van der Waals surface area contributed by atoms with Crippen LogP contribution in [0.25, 0.3) is 5.69 Å². The van der Waals surface area contributed by atoms with Crippen LogP contribution < -0.4 is 10.3 Å². The molecule has 0 spiro atoms. The van der Waals surface area contributed by atoms with Gasteiger partial charge >= 0.3 is 6.09 Å². The quantitative estimate of drug-likeness (QED) is 0.705. The van der Waals surface area contributed by atoms with E-state index in [2.05, 4.69) is 5.10 Å². The standard InChI is InChI=1S/C21H27N3O6S/c1-21(2,3)30-20(26)23-11-9-16(10-12-23)29-17-13-19(25)24(22-14-17)15-5-7-18(8-6-15)31(4,27)28/h5-8,13-14,16H,9-12H2,1-4H3. The maximum atomic E-state index is 12.5. The van der Waals surface area contributed by atoms with Crippen molar-refractivity contribution < 1.29 is 22.7 Å². The maximum absolute atomic E-state index is 12.5. The van der Waals surface area contributed by atoms with Gasteiger partial charge in [-0.1, -0.05) is 0 Å². The molecule has 0 unspecified atom stereocenters. The predicted molar refractivity (Wildman–Crippen MR) is 114 cm³/mol. The Labute approximate surface area is 181 Å². The van der Waals surface area contributed by atoms with Crippen LogP contribution in [0.1, 0.15) is 33.6 Å². The maximum Gasteiger partial charge on any atom is 0.410 e. The van der Waals surface area contributed by atoms with Gasteiger partial charge in [-0.25, -0.2) is 13.2 Å². The van der Waals surface area contributed by atoms with Crippen LogP contribution in [0.4, 0.5) is 4.79 Å². The fraction of sp³-hybridized carbons (Fsp3) is 0.476. The first kappa shape index (κ1) is 22.8. The van der Waals surface area contributed by atoms with Crippen molar-refractivity contribution in [2.45, 2.75) is 50.2 Å². The molecule has 0 atom stereocenters. The lowest BCUT2D eigenvalue weighted by Gasteiger charge is -2.33. The van der Waals surface area contributed by atoms with Crippen molar-refractivity contribution in [3.05, 3.63) is 46.9 Å². The third-order valence-corrected chi connectivity index (χ3v) is 5.81. The van der Waals surface area contributed by atoms with Crippen molar-refractivity contribution in [2.75, 3.05) is 19.3 Å². The van der Waals surface area contributed by atoms with Gasteiger partial charge in [0.25, 0.3) is 5.56 Å². The van der Waals surface area contributed by atoms with E-state index < -0.39 is 21.0 Å². The zero-order valence-electron chi connectivity index (χ0n) is 18.1. The van der Waals surface area contributed by atoms with E-state index in [1.54, 1.807) is 4.90 Å². The number of amides is 1. The van der Waals surface area contributed by atoms with Crippen LogP contribution in [0.15, 0.2) is 46.2 Å². The fourth-order valence-corrected chi connectivity index (χ4v) is 3.79.